The molecular weight excluding hydrogens is 253 g/mol. The molecule has 0 aromatic heterocycles. The number of benzene rings is 1. The van der Waals surface area contributed by atoms with Crippen LogP contribution in [0, 0.1) is 11.7 Å². The Labute approximate surface area is 121 Å². The number of nitrogens with one attached hydrogen (secondary N) is 1. The van der Waals surface area contributed by atoms with Gasteiger partial charge in [0.1, 0.15) is 5.82 Å². The van der Waals surface area contributed by atoms with Gasteiger partial charge in [0, 0.05) is 6.54 Å². The molecule has 0 heterocycles. The highest BCUT2D eigenvalue weighted by molar-refractivity contribution is 5.19. The second kappa shape index (κ2) is 8.38. The van der Waals surface area contributed by atoms with Gasteiger partial charge in [-0.3, -0.25) is 0 Å². The summed E-state index contributed by atoms with van der Waals surface area (Å²) in [4.78, 5) is 0. The van der Waals surface area contributed by atoms with Crippen molar-refractivity contribution >= 4 is 0 Å². The number of hydrogen-bond donors (Lipinski definition) is 1. The summed E-state index contributed by atoms with van der Waals surface area (Å²) in [5.41, 5.74) is 0.937. The third-order valence-electron chi connectivity index (χ3n) is 3.98. The van der Waals surface area contributed by atoms with Crippen LogP contribution >= 0.6 is 0 Å². The molecule has 1 atom stereocenters. The van der Waals surface area contributed by atoms with Crippen LogP contribution < -0.4 is 5.32 Å². The summed E-state index contributed by atoms with van der Waals surface area (Å²) in [6, 6.07) is 6.79. The fourth-order valence-electron chi connectivity index (χ4n) is 2.82. The lowest BCUT2D eigenvalue weighted by Crippen LogP contribution is -2.25. The first-order valence-electron chi connectivity index (χ1n) is 7.87. The molecule has 112 valence electrons. The highest BCUT2D eigenvalue weighted by atomic mass is 19.1. The zero-order valence-electron chi connectivity index (χ0n) is 12.4. The van der Waals surface area contributed by atoms with E-state index in [1.807, 2.05) is 6.07 Å². The highest BCUT2D eigenvalue weighted by Crippen LogP contribution is 2.27. The maximum Gasteiger partial charge on any atom is 0.123 e. The molecule has 20 heavy (non-hydrogen) atoms. The van der Waals surface area contributed by atoms with Crippen molar-refractivity contribution in [3.8, 4) is 0 Å². The lowest BCUT2D eigenvalue weighted by molar-refractivity contribution is 0.0294. The molecule has 1 saturated carbocycles. The van der Waals surface area contributed by atoms with E-state index in [9.17, 15) is 4.39 Å². The molecule has 1 aromatic rings. The van der Waals surface area contributed by atoms with Crippen molar-refractivity contribution in [2.45, 2.75) is 45.1 Å². The van der Waals surface area contributed by atoms with E-state index < -0.39 is 0 Å². The van der Waals surface area contributed by atoms with Crippen molar-refractivity contribution in [1.29, 1.82) is 0 Å². The van der Waals surface area contributed by atoms with Gasteiger partial charge in [-0.2, -0.15) is 0 Å². The Morgan fingerprint density at radius 1 is 1.35 bits per heavy atom. The molecule has 3 heteroatoms. The summed E-state index contributed by atoms with van der Waals surface area (Å²) in [6.45, 7) is 4.67. The molecule has 0 spiro atoms. The molecular formula is C17H26FNO. The van der Waals surface area contributed by atoms with E-state index in [4.69, 9.17) is 4.74 Å². The Morgan fingerprint density at radius 3 is 2.85 bits per heavy atom. The third-order valence-corrected chi connectivity index (χ3v) is 3.98. The van der Waals surface area contributed by atoms with Gasteiger partial charge in [0.2, 0.25) is 0 Å². The van der Waals surface area contributed by atoms with Crippen LogP contribution in [0.4, 0.5) is 4.39 Å². The van der Waals surface area contributed by atoms with E-state index in [-0.39, 0.29) is 11.9 Å². The molecule has 2 rings (SSSR count). The maximum absolute atomic E-state index is 13.4. The van der Waals surface area contributed by atoms with Crippen molar-refractivity contribution in [2.75, 3.05) is 19.7 Å². The van der Waals surface area contributed by atoms with Crippen molar-refractivity contribution in [1.82, 2.24) is 5.32 Å². The van der Waals surface area contributed by atoms with Gasteiger partial charge in [0.15, 0.2) is 0 Å². The SMILES string of the molecule is CCCNCC(OCC1CCCC1)c1cccc(F)c1. The first kappa shape index (κ1) is 15.5. The lowest BCUT2D eigenvalue weighted by atomic mass is 10.1. The van der Waals surface area contributed by atoms with Gasteiger partial charge in [0.25, 0.3) is 0 Å². The molecule has 0 radical (unpaired) electrons. The van der Waals surface area contributed by atoms with Crippen LogP contribution in [-0.2, 0) is 4.74 Å². The average Bonchev–Trinajstić information content (AvgIpc) is 2.96. The molecule has 1 aromatic carbocycles. The van der Waals surface area contributed by atoms with Crippen molar-refractivity contribution in [3.63, 3.8) is 0 Å². The topological polar surface area (TPSA) is 21.3 Å². The molecule has 2 nitrogen and oxygen atoms in total. The van der Waals surface area contributed by atoms with Gasteiger partial charge >= 0.3 is 0 Å². The van der Waals surface area contributed by atoms with Gasteiger partial charge in [-0.25, -0.2) is 4.39 Å². The fraction of sp³-hybridized carbons (Fsp3) is 0.647. The normalized spacial score (nSPS) is 17.5. The monoisotopic (exact) mass is 279 g/mol. The van der Waals surface area contributed by atoms with E-state index >= 15 is 0 Å². The molecule has 1 fully saturated rings. The van der Waals surface area contributed by atoms with Crippen molar-refractivity contribution in [2.24, 2.45) is 5.92 Å². The van der Waals surface area contributed by atoms with Crippen LogP contribution in [0.1, 0.15) is 50.7 Å². The van der Waals surface area contributed by atoms with Crippen molar-refractivity contribution < 1.29 is 9.13 Å². The van der Waals surface area contributed by atoms with E-state index in [1.165, 1.54) is 31.7 Å². The summed E-state index contributed by atoms with van der Waals surface area (Å²) < 4.78 is 19.5. The van der Waals surface area contributed by atoms with E-state index in [0.717, 1.165) is 31.7 Å². The van der Waals surface area contributed by atoms with Gasteiger partial charge in [-0.15, -0.1) is 0 Å². The number of halogens is 1. The molecule has 0 aliphatic heterocycles. The molecule has 0 amide bonds. The number of rotatable bonds is 8. The standard InChI is InChI=1S/C17H26FNO/c1-2-10-19-12-17(15-8-5-9-16(18)11-15)20-13-14-6-3-4-7-14/h5,8-9,11,14,17,19H,2-4,6-7,10,12-13H2,1H3. The van der Waals surface area contributed by atoms with E-state index in [0.29, 0.717) is 5.92 Å². The Bertz CT molecular complexity index is 390. The van der Waals surface area contributed by atoms with Crippen LogP contribution in [0.15, 0.2) is 24.3 Å². The van der Waals surface area contributed by atoms with Gasteiger partial charge in [-0.05, 0) is 49.4 Å². The molecule has 1 aliphatic rings. The largest absolute Gasteiger partial charge is 0.372 e. The van der Waals surface area contributed by atoms with Crippen LogP contribution in [0.25, 0.3) is 0 Å². The second-order valence-electron chi connectivity index (χ2n) is 5.73. The predicted octanol–water partition coefficient (Wildman–Crippen LogP) is 4.07. The number of hydrogen-bond acceptors (Lipinski definition) is 2. The maximum atomic E-state index is 13.4. The minimum atomic E-state index is -0.188. The molecule has 1 unspecified atom stereocenters. The minimum Gasteiger partial charge on any atom is -0.372 e. The second-order valence-corrected chi connectivity index (χ2v) is 5.73. The quantitative estimate of drug-likeness (QED) is 0.724. The predicted molar refractivity (Wildman–Crippen MR) is 80.2 cm³/mol. The molecule has 1 aliphatic carbocycles. The van der Waals surface area contributed by atoms with Crippen LogP contribution in [0.2, 0.25) is 0 Å². The van der Waals surface area contributed by atoms with E-state index in [2.05, 4.69) is 12.2 Å². The molecule has 1 N–H and O–H groups in total. The van der Waals surface area contributed by atoms with Gasteiger partial charge < -0.3 is 10.1 Å². The van der Waals surface area contributed by atoms with Crippen LogP contribution in [0.5, 0.6) is 0 Å². The van der Waals surface area contributed by atoms with Gasteiger partial charge in [0.05, 0.1) is 12.7 Å². The fourth-order valence-corrected chi connectivity index (χ4v) is 2.82. The van der Waals surface area contributed by atoms with Crippen molar-refractivity contribution in [3.05, 3.63) is 35.6 Å². The van der Waals surface area contributed by atoms with Crippen LogP contribution in [0.3, 0.4) is 0 Å². The zero-order valence-corrected chi connectivity index (χ0v) is 12.4. The molecule has 0 bridgehead atoms. The first-order chi connectivity index (χ1) is 9.79. The smallest absolute Gasteiger partial charge is 0.123 e. The third kappa shape index (κ3) is 4.88. The Kier molecular flexibility index (Phi) is 6.48. The summed E-state index contributed by atoms with van der Waals surface area (Å²) in [5.74, 6) is 0.504. The lowest BCUT2D eigenvalue weighted by Gasteiger charge is -2.21. The minimum absolute atomic E-state index is 0.0437. The average molecular weight is 279 g/mol. The van der Waals surface area contributed by atoms with Crippen LogP contribution in [-0.4, -0.2) is 19.7 Å². The molecule has 0 saturated heterocycles. The summed E-state index contributed by atoms with van der Waals surface area (Å²) in [5, 5.41) is 3.38. The number of ether oxygens (including phenoxy) is 1. The highest BCUT2D eigenvalue weighted by Gasteiger charge is 2.19. The van der Waals surface area contributed by atoms with Gasteiger partial charge in [-0.1, -0.05) is 31.9 Å². The first-order valence-corrected chi connectivity index (χ1v) is 7.87. The Hall–Kier alpha value is -0.930. The zero-order chi connectivity index (χ0) is 14.2. The Balaban J connectivity index is 1.92. The summed E-state index contributed by atoms with van der Waals surface area (Å²) in [6.07, 6.45) is 6.26. The van der Waals surface area contributed by atoms with E-state index in [1.54, 1.807) is 12.1 Å². The summed E-state index contributed by atoms with van der Waals surface area (Å²) >= 11 is 0. The summed E-state index contributed by atoms with van der Waals surface area (Å²) in [7, 11) is 0. The Morgan fingerprint density at radius 2 is 2.15 bits per heavy atom.